The Morgan fingerprint density at radius 2 is 0.531 bits per heavy atom. The molecule has 14 rings (SSSR count). The molecule has 7 saturated heterocycles. The van der Waals surface area contributed by atoms with Crippen LogP contribution < -0.4 is 37.2 Å². The maximum atomic E-state index is 13.7. The molecule has 0 saturated carbocycles. The summed E-state index contributed by atoms with van der Waals surface area (Å²) in [6.07, 6.45) is 12.4. The fraction of sp³-hybridized carbons (Fsp3) is 0.573. The highest BCUT2D eigenvalue weighted by atomic mass is 19.2. The molecule has 0 aliphatic carbocycles. The Bertz CT molecular complexity index is 5370. The van der Waals surface area contributed by atoms with Crippen LogP contribution in [0.1, 0.15) is 336 Å². The molecule has 30 heteroatoms. The fourth-order valence-electron chi connectivity index (χ4n) is 19.7. The minimum Gasteiger partial charge on any atom is -0.347 e. The van der Waals surface area contributed by atoms with Crippen molar-refractivity contribution in [2.24, 2.45) is 0 Å². The number of hydrogen-bond donors (Lipinski definition) is 7. The third-order valence-electron chi connectivity index (χ3n) is 30.7. The second-order valence-electron chi connectivity index (χ2n) is 45.2. The first kappa shape index (κ1) is 122. The second kappa shape index (κ2) is 54.3. The lowest BCUT2D eigenvalue weighted by molar-refractivity contribution is 0.0784. The predicted molar refractivity (Wildman–Crippen MR) is 571 cm³/mol. The van der Waals surface area contributed by atoms with Gasteiger partial charge in [-0.1, -0.05) is 36.4 Å². The highest BCUT2D eigenvalue weighted by molar-refractivity contribution is 5.99. The van der Waals surface area contributed by atoms with Crippen LogP contribution in [0.4, 0.5) is 35.1 Å². The number of hydrogen-bond acceptors (Lipinski definition) is 15. The molecule has 0 unspecified atom stereocenters. The van der Waals surface area contributed by atoms with Crippen LogP contribution in [0.2, 0.25) is 0 Å². The van der Waals surface area contributed by atoms with Crippen molar-refractivity contribution in [3.05, 3.63) is 247 Å². The smallest absolute Gasteiger partial charge is 0.257 e. The van der Waals surface area contributed by atoms with Gasteiger partial charge in [0, 0.05) is 195 Å². The Labute approximate surface area is 870 Å². The van der Waals surface area contributed by atoms with E-state index >= 15 is 0 Å². The maximum absolute atomic E-state index is 13.7. The number of amides is 7. The molecule has 147 heavy (non-hydrogen) atoms. The van der Waals surface area contributed by atoms with E-state index in [-0.39, 0.29) is 79.6 Å². The van der Waals surface area contributed by atoms with E-state index in [1.54, 1.807) is 25.1 Å². The first-order valence-electron chi connectivity index (χ1n) is 52.7. The van der Waals surface area contributed by atoms with Crippen LogP contribution in [0, 0.1) is 85.6 Å². The summed E-state index contributed by atoms with van der Waals surface area (Å²) in [6, 6.07) is 37.0. The van der Waals surface area contributed by atoms with Crippen LogP contribution in [0.5, 0.6) is 0 Å². The van der Waals surface area contributed by atoms with Gasteiger partial charge in [-0.15, -0.1) is 0 Å². The van der Waals surface area contributed by atoms with Gasteiger partial charge in [0.25, 0.3) is 41.4 Å². The number of halogens is 8. The average Bonchev–Trinajstić information content (AvgIpc) is 0.775. The normalized spacial score (nSPS) is 18.7. The van der Waals surface area contributed by atoms with Crippen molar-refractivity contribution in [2.75, 3.05) is 91.6 Å². The zero-order valence-corrected chi connectivity index (χ0v) is 92.0. The highest BCUT2D eigenvalue weighted by Crippen LogP contribution is 2.34. The number of nitrogens with zero attached hydrogens (tertiary/aromatic N) is 8. The van der Waals surface area contributed by atoms with Crippen molar-refractivity contribution >= 4 is 41.4 Å². The molecule has 7 N–H and O–H groups in total. The number of rotatable bonds is 21. The molecule has 7 fully saturated rings. The van der Waals surface area contributed by atoms with E-state index in [0.717, 1.165) is 240 Å². The fourth-order valence-corrected chi connectivity index (χ4v) is 19.7. The van der Waals surface area contributed by atoms with Crippen molar-refractivity contribution in [1.29, 1.82) is 5.26 Å². The number of piperidine rings is 7. The van der Waals surface area contributed by atoms with Gasteiger partial charge in [-0.25, -0.2) is 35.1 Å². The third kappa shape index (κ3) is 36.4. The molecular formula is C117H167F8N15O7. The second-order valence-corrected chi connectivity index (χ2v) is 45.2. The summed E-state index contributed by atoms with van der Waals surface area (Å²) in [5.74, 6) is -7.66. The molecule has 7 amide bonds. The minimum absolute atomic E-state index is 0.0740. The molecule has 808 valence electrons. The molecule has 7 aromatic rings. The van der Waals surface area contributed by atoms with Crippen molar-refractivity contribution in [3.8, 4) is 6.07 Å². The van der Waals surface area contributed by atoms with E-state index in [2.05, 4.69) is 202 Å². The summed E-state index contributed by atoms with van der Waals surface area (Å²) in [5, 5.41) is 30.3. The van der Waals surface area contributed by atoms with E-state index in [9.17, 15) is 68.7 Å². The van der Waals surface area contributed by atoms with Gasteiger partial charge in [0.2, 0.25) is 0 Å². The molecule has 0 bridgehead atoms. The lowest BCUT2D eigenvalue weighted by Crippen LogP contribution is -2.54. The monoisotopic (exact) mass is 2050 g/mol. The molecule has 0 spiro atoms. The van der Waals surface area contributed by atoms with Crippen molar-refractivity contribution in [2.45, 2.75) is 344 Å². The zero-order chi connectivity index (χ0) is 109. The molecule has 0 aromatic heterocycles. The van der Waals surface area contributed by atoms with E-state index in [1.807, 2.05) is 65.8 Å². The number of nitriles is 1. The first-order chi connectivity index (χ1) is 68.8. The van der Waals surface area contributed by atoms with Crippen LogP contribution >= 0.6 is 0 Å². The average molecular weight is 2050 g/mol. The lowest BCUT2D eigenvalue weighted by Gasteiger charge is -2.41. The molecule has 7 aliphatic heterocycles. The number of likely N-dealkylation sites (tertiary alicyclic amines) is 7. The number of carbonyl (C=O) groups is 7. The largest absolute Gasteiger partial charge is 0.347 e. The standard InChI is InChI=1S/C18H25N3O.C18H28N2O.C17H25FN2O.3C16H22F2N2O.C16H23FN2O/c1-13(2)21-9-7-18(4,8-10-21)20-17(22)16-11-15(12-19)6-5-14(16)3;1-13(2)20-11-9-18(5,10-12-20)19-17(21)16-14(3)7-6-8-15(16)4;1-12(2)20-9-7-17(4,8-10-20)19-16(21)15-6-5-14(18)11-13(15)3;1-11(2)20-8-6-16(3,7-9-20)19-15(21)13-10-12(17)4-5-14(13)18;1-11(2)20-9-7-16(3,8-10-20)19-15(21)14-12(17)5-4-6-13(14)18;1-11(2)20-9-7-16(3,8-10-20)19-15(21)12-5-4-6-13(17)14(12)18;1-12(2)19-10-8-16(3,9-11-19)18-15(20)13-4-6-14(17)7-5-13/h5-6,11,13H,7-10H2,1-4H3,(H,20,22);6-8,13H,9-12H2,1-5H3,(H,19,21);5-6,11-12H,7-10H2,1-4H3,(H,19,21);4-5,10-11H,6-9H2,1-3H3,(H,19,21);2*4-6,11H,7-10H2,1-3H3,(H,19,21);4-7,12H,8-11H2,1-3H3,(H,18,20). The van der Waals surface area contributed by atoms with Gasteiger partial charge in [-0.3, -0.25) is 33.6 Å². The molecular weight excluding hydrogens is 1880 g/mol. The topological polar surface area (TPSA) is 250 Å². The van der Waals surface area contributed by atoms with E-state index < -0.39 is 63.7 Å². The summed E-state index contributed by atoms with van der Waals surface area (Å²) < 4.78 is 107. The number of nitrogens with one attached hydrogen (secondary N) is 7. The van der Waals surface area contributed by atoms with Crippen molar-refractivity contribution < 1.29 is 68.7 Å². The third-order valence-corrected chi connectivity index (χ3v) is 30.7. The van der Waals surface area contributed by atoms with Gasteiger partial charge in [-0.2, -0.15) is 5.26 Å². The van der Waals surface area contributed by atoms with E-state index in [1.165, 1.54) is 54.6 Å². The summed E-state index contributed by atoms with van der Waals surface area (Å²) >= 11 is 0. The number of benzene rings is 7. The van der Waals surface area contributed by atoms with Gasteiger partial charge >= 0.3 is 0 Å². The molecule has 0 radical (unpaired) electrons. The van der Waals surface area contributed by atoms with Crippen molar-refractivity contribution in [3.63, 3.8) is 0 Å². The molecule has 22 nitrogen and oxygen atoms in total. The Kier molecular flexibility index (Phi) is 44.9. The van der Waals surface area contributed by atoms with Gasteiger partial charge in [0.1, 0.15) is 40.5 Å². The van der Waals surface area contributed by atoms with Crippen LogP contribution in [-0.4, -0.2) is 248 Å². The molecule has 7 aromatic carbocycles. The zero-order valence-electron chi connectivity index (χ0n) is 92.0. The minimum atomic E-state index is -1.08. The predicted octanol–water partition coefficient (Wildman–Crippen LogP) is 21.0. The Balaban J connectivity index is 0.000000209. The first-order valence-corrected chi connectivity index (χ1v) is 52.7. The van der Waals surface area contributed by atoms with Gasteiger partial charge in [0.15, 0.2) is 11.6 Å². The molecule has 7 aliphatic rings. The molecule has 0 atom stereocenters. The Hall–Kier alpha value is -10.5. The quantitative estimate of drug-likeness (QED) is 0.0331. The summed E-state index contributed by atoms with van der Waals surface area (Å²) in [4.78, 5) is 103. The molecule has 7 heterocycles. The van der Waals surface area contributed by atoms with Crippen LogP contribution in [-0.2, 0) is 0 Å². The van der Waals surface area contributed by atoms with Gasteiger partial charge < -0.3 is 71.5 Å². The van der Waals surface area contributed by atoms with Crippen LogP contribution in [0.15, 0.2) is 133 Å². The SMILES string of the molecule is CC(C)N1CCC(C)(NC(=O)c2c(F)cccc2F)CC1.CC(C)N1CCC(C)(NC(=O)c2cc(F)ccc2F)CC1.CC(C)N1CCC(C)(NC(=O)c2ccc(F)cc2)CC1.CC(C)N1CCC(C)(NC(=O)c2cccc(F)c2F)CC1.Cc1cc(F)ccc1C(=O)NC1(C)CCN(C(C)C)CC1.Cc1ccc(C#N)cc1C(=O)NC1(C)CCN(C(C)C)CC1.Cc1cccc(C)c1C(=O)NC1(C)CCN(C(C)C)CC1. The van der Waals surface area contributed by atoms with Gasteiger partial charge in [-0.05, 0) is 382 Å². The van der Waals surface area contributed by atoms with Crippen molar-refractivity contribution in [1.82, 2.24) is 71.5 Å². The summed E-state index contributed by atoms with van der Waals surface area (Å²) in [6.45, 7) is 65.9. The van der Waals surface area contributed by atoms with Crippen LogP contribution in [0.25, 0.3) is 0 Å². The Morgan fingerprint density at radius 1 is 0.259 bits per heavy atom. The highest BCUT2D eigenvalue weighted by Gasteiger charge is 2.41. The summed E-state index contributed by atoms with van der Waals surface area (Å²) in [7, 11) is 0. The Morgan fingerprint density at radius 3 is 0.864 bits per heavy atom. The summed E-state index contributed by atoms with van der Waals surface area (Å²) in [5.41, 5.74) is 3.99. The lowest BCUT2D eigenvalue weighted by atomic mass is 9.88. The van der Waals surface area contributed by atoms with E-state index in [0.29, 0.717) is 70.1 Å². The van der Waals surface area contributed by atoms with Crippen LogP contribution in [0.3, 0.4) is 0 Å². The van der Waals surface area contributed by atoms with E-state index in [4.69, 9.17) is 5.26 Å². The maximum Gasteiger partial charge on any atom is 0.257 e. The number of carbonyl (C=O) groups excluding carboxylic acids is 7. The van der Waals surface area contributed by atoms with Gasteiger partial charge in [0.05, 0.1) is 22.8 Å². The number of aryl methyl sites for hydroxylation is 4.